The van der Waals surface area contributed by atoms with E-state index in [4.69, 9.17) is 9.47 Å². The minimum absolute atomic E-state index is 0.0361. The van der Waals surface area contributed by atoms with Crippen molar-refractivity contribution in [1.29, 1.82) is 0 Å². The number of anilines is 1. The fourth-order valence-corrected chi connectivity index (χ4v) is 2.82. The second-order valence-corrected chi connectivity index (χ2v) is 5.34. The van der Waals surface area contributed by atoms with Crippen molar-refractivity contribution >= 4 is 17.3 Å². The van der Waals surface area contributed by atoms with Gasteiger partial charge in [0.15, 0.2) is 0 Å². The Morgan fingerprint density at radius 1 is 1.17 bits per heavy atom. The van der Waals surface area contributed by atoms with Gasteiger partial charge < -0.3 is 14.4 Å². The van der Waals surface area contributed by atoms with Crippen LogP contribution in [0.5, 0.6) is 11.5 Å². The van der Waals surface area contributed by atoms with Gasteiger partial charge in [-0.15, -0.1) is 0 Å². The Morgan fingerprint density at radius 3 is 2.62 bits per heavy atom. The molecular formula is C17H16N2O5. The molecule has 0 aromatic heterocycles. The lowest BCUT2D eigenvalue weighted by atomic mass is 10.1. The Bertz CT molecular complexity index is 819. The third kappa shape index (κ3) is 2.64. The number of rotatable bonds is 4. The smallest absolute Gasteiger partial charge is 0.271 e. The topological polar surface area (TPSA) is 81.9 Å². The quantitative estimate of drug-likeness (QED) is 0.637. The molecule has 124 valence electrons. The number of ether oxygens (including phenoxy) is 2. The number of methoxy groups -OCH3 is 2. The van der Waals surface area contributed by atoms with Crippen LogP contribution in [0.2, 0.25) is 0 Å². The van der Waals surface area contributed by atoms with Crippen LogP contribution < -0.4 is 14.4 Å². The number of nitro benzene ring substituents is 1. The van der Waals surface area contributed by atoms with E-state index in [1.165, 1.54) is 26.4 Å². The van der Waals surface area contributed by atoms with Gasteiger partial charge >= 0.3 is 0 Å². The molecule has 2 aromatic carbocycles. The largest absolute Gasteiger partial charge is 0.497 e. The van der Waals surface area contributed by atoms with Crippen LogP contribution in [-0.2, 0) is 6.42 Å². The maximum absolute atomic E-state index is 13.0. The molecule has 0 saturated carbocycles. The number of carbonyl (C=O) groups is 1. The van der Waals surface area contributed by atoms with Crippen LogP contribution >= 0.6 is 0 Å². The van der Waals surface area contributed by atoms with Crippen molar-refractivity contribution in [1.82, 2.24) is 0 Å². The van der Waals surface area contributed by atoms with Gasteiger partial charge in [-0.25, -0.2) is 0 Å². The molecule has 1 amide bonds. The summed E-state index contributed by atoms with van der Waals surface area (Å²) >= 11 is 0. The molecule has 0 unspecified atom stereocenters. The number of benzene rings is 2. The molecule has 3 rings (SSSR count). The Labute approximate surface area is 138 Å². The molecule has 0 spiro atoms. The molecule has 2 aromatic rings. The molecular weight excluding hydrogens is 312 g/mol. The average molecular weight is 328 g/mol. The number of carbonyl (C=O) groups excluding carboxylic acids is 1. The number of hydrogen-bond donors (Lipinski definition) is 0. The SMILES string of the molecule is COc1ccc(OC)c(C(=O)N2CCc3ccc([N+](=O)[O-])cc32)c1. The zero-order valence-corrected chi connectivity index (χ0v) is 13.3. The van der Waals surface area contributed by atoms with E-state index in [1.54, 1.807) is 29.2 Å². The van der Waals surface area contributed by atoms with Gasteiger partial charge in [0, 0.05) is 18.7 Å². The molecule has 0 aliphatic carbocycles. The molecule has 1 aliphatic heterocycles. The first-order valence-corrected chi connectivity index (χ1v) is 7.36. The monoisotopic (exact) mass is 328 g/mol. The molecule has 0 fully saturated rings. The van der Waals surface area contributed by atoms with Crippen LogP contribution in [0.15, 0.2) is 36.4 Å². The normalized spacial score (nSPS) is 12.7. The summed E-state index contributed by atoms with van der Waals surface area (Å²) in [5.41, 5.74) is 1.80. The molecule has 0 atom stereocenters. The van der Waals surface area contributed by atoms with Gasteiger partial charge in [-0.3, -0.25) is 14.9 Å². The molecule has 1 heterocycles. The van der Waals surface area contributed by atoms with Crippen molar-refractivity contribution in [3.63, 3.8) is 0 Å². The Morgan fingerprint density at radius 2 is 1.96 bits per heavy atom. The molecule has 1 aliphatic rings. The summed E-state index contributed by atoms with van der Waals surface area (Å²) in [6.45, 7) is 0.468. The average Bonchev–Trinajstić information content (AvgIpc) is 3.03. The minimum atomic E-state index is -0.465. The number of non-ortho nitro benzene ring substituents is 1. The molecule has 7 heteroatoms. The van der Waals surface area contributed by atoms with Gasteiger partial charge in [0.05, 0.1) is 30.4 Å². The number of amides is 1. The van der Waals surface area contributed by atoms with Crippen LogP contribution in [0.3, 0.4) is 0 Å². The van der Waals surface area contributed by atoms with Crippen LogP contribution in [-0.4, -0.2) is 31.6 Å². The summed E-state index contributed by atoms with van der Waals surface area (Å²) < 4.78 is 10.4. The maximum Gasteiger partial charge on any atom is 0.271 e. The molecule has 7 nitrogen and oxygen atoms in total. The summed E-state index contributed by atoms with van der Waals surface area (Å²) in [6, 6.07) is 9.57. The molecule has 24 heavy (non-hydrogen) atoms. The van der Waals surface area contributed by atoms with E-state index in [0.717, 1.165) is 5.56 Å². The molecule has 0 N–H and O–H groups in total. The Kier molecular flexibility index (Phi) is 4.07. The predicted molar refractivity (Wildman–Crippen MR) is 88.0 cm³/mol. The van der Waals surface area contributed by atoms with Crippen molar-refractivity contribution in [2.24, 2.45) is 0 Å². The van der Waals surface area contributed by atoms with Gasteiger partial charge in [-0.1, -0.05) is 6.07 Å². The number of nitrogens with zero attached hydrogens (tertiary/aromatic N) is 2. The highest BCUT2D eigenvalue weighted by atomic mass is 16.6. The first-order valence-electron chi connectivity index (χ1n) is 7.36. The Hall–Kier alpha value is -3.09. The summed E-state index contributed by atoms with van der Waals surface area (Å²) in [5.74, 6) is 0.697. The van der Waals surface area contributed by atoms with E-state index in [1.807, 2.05) is 0 Å². The van der Waals surface area contributed by atoms with E-state index >= 15 is 0 Å². The molecule has 0 radical (unpaired) electrons. The van der Waals surface area contributed by atoms with Gasteiger partial charge in [-0.2, -0.15) is 0 Å². The predicted octanol–water partition coefficient (Wildman–Crippen LogP) is 2.81. The zero-order valence-electron chi connectivity index (χ0n) is 13.3. The van der Waals surface area contributed by atoms with Gasteiger partial charge in [0.25, 0.3) is 11.6 Å². The van der Waals surface area contributed by atoms with Crippen molar-refractivity contribution in [2.75, 3.05) is 25.7 Å². The lowest BCUT2D eigenvalue weighted by Gasteiger charge is -2.19. The summed E-state index contributed by atoms with van der Waals surface area (Å²) in [4.78, 5) is 25.0. The first kappa shape index (κ1) is 15.8. The number of hydrogen-bond acceptors (Lipinski definition) is 5. The van der Waals surface area contributed by atoms with Crippen LogP contribution in [0, 0.1) is 10.1 Å². The lowest BCUT2D eigenvalue weighted by Crippen LogP contribution is -2.29. The van der Waals surface area contributed by atoms with E-state index in [9.17, 15) is 14.9 Å². The first-order chi connectivity index (χ1) is 11.5. The van der Waals surface area contributed by atoms with Crippen LogP contribution in [0.4, 0.5) is 11.4 Å². The van der Waals surface area contributed by atoms with E-state index in [-0.39, 0.29) is 11.6 Å². The highest BCUT2D eigenvalue weighted by molar-refractivity contribution is 6.09. The van der Waals surface area contributed by atoms with E-state index in [0.29, 0.717) is 35.7 Å². The highest BCUT2D eigenvalue weighted by Crippen LogP contribution is 2.34. The van der Waals surface area contributed by atoms with Crippen molar-refractivity contribution in [3.8, 4) is 11.5 Å². The second kappa shape index (κ2) is 6.19. The van der Waals surface area contributed by atoms with Gasteiger partial charge in [0.1, 0.15) is 11.5 Å². The van der Waals surface area contributed by atoms with E-state index < -0.39 is 4.92 Å². The lowest BCUT2D eigenvalue weighted by molar-refractivity contribution is -0.384. The van der Waals surface area contributed by atoms with Crippen molar-refractivity contribution in [2.45, 2.75) is 6.42 Å². The summed E-state index contributed by atoms with van der Waals surface area (Å²) in [5, 5.41) is 11.0. The van der Waals surface area contributed by atoms with Crippen LogP contribution in [0.1, 0.15) is 15.9 Å². The van der Waals surface area contributed by atoms with Crippen molar-refractivity contribution < 1.29 is 19.2 Å². The zero-order chi connectivity index (χ0) is 17.3. The molecule has 0 bridgehead atoms. The number of fused-ring (bicyclic) bond motifs is 1. The molecule has 0 saturated heterocycles. The fraction of sp³-hybridized carbons (Fsp3) is 0.235. The maximum atomic E-state index is 13.0. The minimum Gasteiger partial charge on any atom is -0.497 e. The summed E-state index contributed by atoms with van der Waals surface area (Å²) in [7, 11) is 3.01. The van der Waals surface area contributed by atoms with E-state index in [2.05, 4.69) is 0 Å². The summed E-state index contributed by atoms with van der Waals surface area (Å²) in [6.07, 6.45) is 0.658. The van der Waals surface area contributed by atoms with Crippen LogP contribution in [0.25, 0.3) is 0 Å². The third-order valence-electron chi connectivity index (χ3n) is 4.06. The second-order valence-electron chi connectivity index (χ2n) is 5.34. The van der Waals surface area contributed by atoms with Crippen molar-refractivity contribution in [3.05, 3.63) is 57.6 Å². The standard InChI is InChI=1S/C17H16N2O5/c1-23-13-5-6-16(24-2)14(10-13)17(20)18-8-7-11-3-4-12(19(21)22)9-15(11)18/h3-6,9-10H,7-8H2,1-2H3. The fourth-order valence-electron chi connectivity index (χ4n) is 2.82. The third-order valence-corrected chi connectivity index (χ3v) is 4.06. The number of nitro groups is 1. The highest BCUT2D eigenvalue weighted by Gasteiger charge is 2.29. The Balaban J connectivity index is 2.02. The van der Waals surface area contributed by atoms with Gasteiger partial charge in [0.2, 0.25) is 0 Å². The van der Waals surface area contributed by atoms with Gasteiger partial charge in [-0.05, 0) is 30.2 Å².